The van der Waals surface area contributed by atoms with Gasteiger partial charge in [-0.25, -0.2) is 0 Å². The molecular formula is C11H23N3O2. The zero-order chi connectivity index (χ0) is 12.9. The largest absolute Gasteiger partial charge is 0.359 e. The van der Waals surface area contributed by atoms with Gasteiger partial charge in [0.2, 0.25) is 11.8 Å². The summed E-state index contributed by atoms with van der Waals surface area (Å²) in [5.41, 5.74) is -0.656. The number of carbonyl (C=O) groups is 2. The van der Waals surface area contributed by atoms with Crippen molar-refractivity contribution in [2.24, 2.45) is 0 Å². The van der Waals surface area contributed by atoms with Gasteiger partial charge in [-0.3, -0.25) is 9.59 Å². The number of hydrogen-bond acceptors (Lipinski definition) is 3. The van der Waals surface area contributed by atoms with Crippen LogP contribution in [-0.2, 0) is 9.59 Å². The van der Waals surface area contributed by atoms with Gasteiger partial charge >= 0.3 is 0 Å². The number of amides is 2. The second-order valence-electron chi connectivity index (χ2n) is 4.75. The van der Waals surface area contributed by atoms with Gasteiger partial charge < -0.3 is 15.5 Å². The summed E-state index contributed by atoms with van der Waals surface area (Å²) in [6.07, 6.45) is 0.362. The summed E-state index contributed by atoms with van der Waals surface area (Å²) in [6, 6.07) is -0.0427. The third-order valence-electron chi connectivity index (χ3n) is 2.32. The Kier molecular flexibility index (Phi) is 5.44. The van der Waals surface area contributed by atoms with Crippen molar-refractivity contribution in [1.82, 2.24) is 15.5 Å². The van der Waals surface area contributed by atoms with E-state index in [1.165, 1.54) is 0 Å². The predicted molar refractivity (Wildman–Crippen MR) is 64.1 cm³/mol. The molecule has 0 aliphatic rings. The van der Waals surface area contributed by atoms with Gasteiger partial charge in [0.15, 0.2) is 0 Å². The minimum absolute atomic E-state index is 0.00347. The van der Waals surface area contributed by atoms with Crippen LogP contribution in [0.25, 0.3) is 0 Å². The number of nitrogens with one attached hydrogen (secondary N) is 2. The van der Waals surface area contributed by atoms with Crippen molar-refractivity contribution in [3.63, 3.8) is 0 Å². The van der Waals surface area contributed by atoms with E-state index in [0.717, 1.165) is 0 Å². The van der Waals surface area contributed by atoms with Crippen molar-refractivity contribution >= 4 is 11.8 Å². The van der Waals surface area contributed by atoms with E-state index in [0.29, 0.717) is 6.42 Å². The fraction of sp³-hybridized carbons (Fsp3) is 0.818. The molecule has 94 valence electrons. The van der Waals surface area contributed by atoms with E-state index in [4.69, 9.17) is 0 Å². The first kappa shape index (κ1) is 14.9. The van der Waals surface area contributed by atoms with Gasteiger partial charge in [-0.05, 0) is 20.8 Å². The number of carbonyl (C=O) groups excluding carboxylic acids is 2. The molecule has 1 unspecified atom stereocenters. The molecule has 1 atom stereocenters. The summed E-state index contributed by atoms with van der Waals surface area (Å²) in [7, 11) is 5.04. The van der Waals surface area contributed by atoms with Crippen LogP contribution in [0.15, 0.2) is 0 Å². The van der Waals surface area contributed by atoms with Crippen molar-refractivity contribution in [2.75, 3.05) is 21.1 Å². The van der Waals surface area contributed by atoms with E-state index in [9.17, 15) is 9.59 Å². The fourth-order valence-corrected chi connectivity index (χ4v) is 1.67. The molecule has 0 aromatic heterocycles. The highest BCUT2D eigenvalue weighted by Gasteiger charge is 2.30. The molecule has 0 heterocycles. The molecule has 0 saturated carbocycles. The Balaban J connectivity index is 4.36. The Hall–Kier alpha value is -1.10. The lowest BCUT2D eigenvalue weighted by molar-refractivity contribution is -0.135. The van der Waals surface area contributed by atoms with E-state index in [2.05, 4.69) is 10.6 Å². The van der Waals surface area contributed by atoms with E-state index in [1.807, 2.05) is 20.8 Å². The van der Waals surface area contributed by atoms with Gasteiger partial charge in [0.25, 0.3) is 0 Å². The van der Waals surface area contributed by atoms with Crippen LogP contribution in [0.2, 0.25) is 0 Å². The van der Waals surface area contributed by atoms with Crippen LogP contribution in [0.1, 0.15) is 27.2 Å². The lowest BCUT2D eigenvalue weighted by Gasteiger charge is -2.31. The Morgan fingerprint density at radius 2 is 1.81 bits per heavy atom. The summed E-state index contributed by atoms with van der Waals surface area (Å²) in [5.74, 6) is -0.0376. The number of hydrogen-bond donors (Lipinski definition) is 2. The molecule has 16 heavy (non-hydrogen) atoms. The number of nitrogens with zero attached hydrogens (tertiary/aromatic N) is 1. The SMILES string of the molecule is CNC(=O)CC(C)NC(C)(C)C(=O)N(C)C. The molecule has 0 radical (unpaired) electrons. The highest BCUT2D eigenvalue weighted by Crippen LogP contribution is 2.08. The molecule has 0 rings (SSSR count). The molecule has 0 bridgehead atoms. The summed E-state index contributed by atoms with van der Waals surface area (Å²) >= 11 is 0. The van der Waals surface area contributed by atoms with Crippen molar-refractivity contribution < 1.29 is 9.59 Å². The maximum absolute atomic E-state index is 11.8. The van der Waals surface area contributed by atoms with Gasteiger partial charge in [0.05, 0.1) is 5.54 Å². The van der Waals surface area contributed by atoms with Crippen LogP contribution in [0.5, 0.6) is 0 Å². The van der Waals surface area contributed by atoms with Crippen LogP contribution in [0.3, 0.4) is 0 Å². The van der Waals surface area contributed by atoms with Gasteiger partial charge in [0.1, 0.15) is 0 Å². The zero-order valence-electron chi connectivity index (χ0n) is 11.0. The Bertz CT molecular complexity index is 262. The molecule has 0 aliphatic carbocycles. The second-order valence-corrected chi connectivity index (χ2v) is 4.75. The van der Waals surface area contributed by atoms with Crippen LogP contribution >= 0.6 is 0 Å². The average Bonchev–Trinajstić information content (AvgIpc) is 2.14. The molecule has 0 saturated heterocycles. The summed E-state index contributed by atoms with van der Waals surface area (Å²) in [5, 5.41) is 5.71. The Morgan fingerprint density at radius 3 is 2.19 bits per heavy atom. The van der Waals surface area contributed by atoms with E-state index in [-0.39, 0.29) is 17.9 Å². The molecule has 0 aliphatic heterocycles. The molecule has 5 heteroatoms. The molecule has 0 spiro atoms. The van der Waals surface area contributed by atoms with Crippen LogP contribution in [0.4, 0.5) is 0 Å². The first-order chi connectivity index (χ1) is 7.20. The minimum Gasteiger partial charge on any atom is -0.359 e. The van der Waals surface area contributed by atoms with Gasteiger partial charge in [-0.1, -0.05) is 0 Å². The topological polar surface area (TPSA) is 61.4 Å². The highest BCUT2D eigenvalue weighted by atomic mass is 16.2. The quantitative estimate of drug-likeness (QED) is 0.696. The third kappa shape index (κ3) is 4.61. The summed E-state index contributed by atoms with van der Waals surface area (Å²) in [6.45, 7) is 5.52. The lowest BCUT2D eigenvalue weighted by Crippen LogP contribution is -2.55. The fourth-order valence-electron chi connectivity index (χ4n) is 1.67. The first-order valence-electron chi connectivity index (χ1n) is 5.40. The minimum atomic E-state index is -0.656. The van der Waals surface area contributed by atoms with Crippen molar-refractivity contribution in [1.29, 1.82) is 0 Å². The summed E-state index contributed by atoms with van der Waals surface area (Å²) < 4.78 is 0. The standard InChI is InChI=1S/C11H23N3O2/c1-8(7-9(15)12-4)13-11(2,3)10(16)14(5)6/h8,13H,7H2,1-6H3,(H,12,15). The van der Waals surface area contributed by atoms with Crippen molar-refractivity contribution in [3.05, 3.63) is 0 Å². The molecule has 2 N–H and O–H groups in total. The Labute approximate surface area is 97.6 Å². The maximum Gasteiger partial charge on any atom is 0.241 e. The molecule has 0 fully saturated rings. The normalized spacial score (nSPS) is 13.1. The van der Waals surface area contributed by atoms with Crippen LogP contribution in [-0.4, -0.2) is 49.4 Å². The van der Waals surface area contributed by atoms with Crippen molar-refractivity contribution in [3.8, 4) is 0 Å². The van der Waals surface area contributed by atoms with Gasteiger partial charge in [-0.15, -0.1) is 0 Å². The second kappa shape index (κ2) is 5.84. The van der Waals surface area contributed by atoms with Crippen molar-refractivity contribution in [2.45, 2.75) is 38.8 Å². The zero-order valence-corrected chi connectivity index (χ0v) is 11.0. The molecule has 2 amide bonds. The first-order valence-corrected chi connectivity index (χ1v) is 5.40. The monoisotopic (exact) mass is 229 g/mol. The smallest absolute Gasteiger partial charge is 0.241 e. The molecular weight excluding hydrogens is 206 g/mol. The molecule has 0 aromatic carbocycles. The third-order valence-corrected chi connectivity index (χ3v) is 2.32. The molecule has 5 nitrogen and oxygen atoms in total. The number of likely N-dealkylation sites (N-methyl/N-ethyl adjacent to an activating group) is 1. The average molecular weight is 229 g/mol. The van der Waals surface area contributed by atoms with E-state index < -0.39 is 5.54 Å². The lowest BCUT2D eigenvalue weighted by atomic mass is 10.0. The Morgan fingerprint density at radius 1 is 1.31 bits per heavy atom. The van der Waals surface area contributed by atoms with Gasteiger partial charge in [-0.2, -0.15) is 0 Å². The van der Waals surface area contributed by atoms with E-state index >= 15 is 0 Å². The maximum atomic E-state index is 11.8. The summed E-state index contributed by atoms with van der Waals surface area (Å²) in [4.78, 5) is 24.5. The van der Waals surface area contributed by atoms with Crippen LogP contribution < -0.4 is 10.6 Å². The highest BCUT2D eigenvalue weighted by molar-refractivity contribution is 5.85. The van der Waals surface area contributed by atoms with E-state index in [1.54, 1.807) is 26.0 Å². The number of rotatable bonds is 5. The predicted octanol–water partition coefficient (Wildman–Crippen LogP) is -0.0326. The van der Waals surface area contributed by atoms with Gasteiger partial charge in [0, 0.05) is 33.6 Å². The molecule has 0 aromatic rings. The van der Waals surface area contributed by atoms with Crippen LogP contribution in [0, 0.1) is 0 Å².